The van der Waals surface area contributed by atoms with Crippen LogP contribution in [0.2, 0.25) is 10.0 Å². The van der Waals surface area contributed by atoms with E-state index in [1.807, 2.05) is 28.8 Å². The van der Waals surface area contributed by atoms with E-state index in [1.165, 1.54) is 11.8 Å². The molecular formula is C21H21Cl3N4OS. The zero-order valence-corrected chi connectivity index (χ0v) is 19.6. The van der Waals surface area contributed by atoms with E-state index < -0.39 is 5.41 Å². The van der Waals surface area contributed by atoms with Gasteiger partial charge in [-0.1, -0.05) is 65.3 Å². The summed E-state index contributed by atoms with van der Waals surface area (Å²) in [6.07, 6.45) is 0. The normalized spacial score (nSPS) is 11.5. The Morgan fingerprint density at radius 2 is 1.87 bits per heavy atom. The van der Waals surface area contributed by atoms with Crippen molar-refractivity contribution < 1.29 is 4.79 Å². The number of benzene rings is 2. The largest absolute Gasteiger partial charge is 0.348 e. The first-order chi connectivity index (χ1) is 14.3. The fourth-order valence-electron chi connectivity index (χ4n) is 2.59. The predicted molar refractivity (Wildman–Crippen MR) is 124 cm³/mol. The summed E-state index contributed by atoms with van der Waals surface area (Å²) in [4.78, 5) is 12.4. The fourth-order valence-corrected chi connectivity index (χ4v) is 4.13. The molecule has 0 aliphatic carbocycles. The maximum Gasteiger partial charge on any atom is 0.227 e. The number of aromatic nitrogens is 3. The minimum Gasteiger partial charge on any atom is -0.348 e. The number of rotatable bonds is 8. The first-order valence-electron chi connectivity index (χ1n) is 9.22. The van der Waals surface area contributed by atoms with E-state index in [0.717, 1.165) is 11.3 Å². The summed E-state index contributed by atoms with van der Waals surface area (Å²) in [5.41, 5.74) is 1.18. The van der Waals surface area contributed by atoms with Crippen LogP contribution in [-0.4, -0.2) is 26.6 Å². The molecule has 5 nitrogen and oxygen atoms in total. The Hall–Kier alpha value is -1.73. The van der Waals surface area contributed by atoms with Gasteiger partial charge in [0.15, 0.2) is 11.0 Å². The summed E-state index contributed by atoms with van der Waals surface area (Å²) in [5, 5.41) is 13.2. The van der Waals surface area contributed by atoms with Crippen LogP contribution in [0.4, 0.5) is 0 Å². The summed E-state index contributed by atoms with van der Waals surface area (Å²) in [5.74, 6) is 1.34. The number of thioether (sulfide) groups is 1. The average molecular weight is 484 g/mol. The van der Waals surface area contributed by atoms with Crippen molar-refractivity contribution in [3.8, 4) is 5.69 Å². The van der Waals surface area contributed by atoms with Gasteiger partial charge in [-0.05, 0) is 37.6 Å². The van der Waals surface area contributed by atoms with Crippen LogP contribution in [0.3, 0.4) is 0 Å². The molecule has 1 heterocycles. The van der Waals surface area contributed by atoms with E-state index in [-0.39, 0.29) is 18.3 Å². The molecule has 0 spiro atoms. The van der Waals surface area contributed by atoms with Gasteiger partial charge >= 0.3 is 0 Å². The number of hydrogen-bond donors (Lipinski definition) is 1. The Kier molecular flexibility index (Phi) is 7.69. The van der Waals surface area contributed by atoms with Crippen molar-refractivity contribution in [2.75, 3.05) is 5.88 Å². The van der Waals surface area contributed by atoms with Gasteiger partial charge in [-0.25, -0.2) is 0 Å². The lowest BCUT2D eigenvalue weighted by atomic mass is 9.95. The molecular weight excluding hydrogens is 463 g/mol. The standard InChI is InChI=1S/C21H21Cl3N4OS/c1-21(2,13-22)19(29)25-11-18-26-27-20(30-12-14-6-4-3-5-7-14)28(18)17-9-8-15(23)10-16(17)24/h3-10H,11-13H2,1-2H3,(H,25,29). The Morgan fingerprint density at radius 3 is 2.53 bits per heavy atom. The molecule has 9 heteroatoms. The van der Waals surface area contributed by atoms with Gasteiger partial charge in [0, 0.05) is 16.7 Å². The van der Waals surface area contributed by atoms with Crippen LogP contribution in [0.15, 0.2) is 53.7 Å². The molecule has 1 N–H and O–H groups in total. The van der Waals surface area contributed by atoms with Crippen LogP contribution in [0.1, 0.15) is 25.2 Å². The van der Waals surface area contributed by atoms with Crippen molar-refractivity contribution in [1.29, 1.82) is 0 Å². The average Bonchev–Trinajstić information content (AvgIpc) is 3.13. The van der Waals surface area contributed by atoms with Gasteiger partial charge in [0.05, 0.1) is 22.7 Å². The number of amides is 1. The van der Waals surface area contributed by atoms with E-state index in [4.69, 9.17) is 34.8 Å². The number of nitrogens with zero attached hydrogens (tertiary/aromatic N) is 3. The monoisotopic (exact) mass is 482 g/mol. The maximum absolute atomic E-state index is 12.4. The first kappa shape index (κ1) is 22.9. The molecule has 0 unspecified atom stereocenters. The lowest BCUT2D eigenvalue weighted by Crippen LogP contribution is -2.38. The van der Waals surface area contributed by atoms with Gasteiger partial charge in [0.1, 0.15) is 0 Å². The summed E-state index contributed by atoms with van der Waals surface area (Å²) in [6, 6.07) is 15.3. The summed E-state index contributed by atoms with van der Waals surface area (Å²) >= 11 is 20.0. The zero-order valence-electron chi connectivity index (χ0n) is 16.5. The van der Waals surface area contributed by atoms with Crippen molar-refractivity contribution in [2.45, 2.75) is 31.3 Å². The van der Waals surface area contributed by atoms with Crippen molar-refractivity contribution >= 4 is 52.5 Å². The van der Waals surface area contributed by atoms with E-state index >= 15 is 0 Å². The molecule has 0 saturated heterocycles. The highest BCUT2D eigenvalue weighted by atomic mass is 35.5. The molecule has 0 atom stereocenters. The van der Waals surface area contributed by atoms with Crippen molar-refractivity contribution in [1.82, 2.24) is 20.1 Å². The molecule has 2 aromatic carbocycles. The lowest BCUT2D eigenvalue weighted by molar-refractivity contribution is -0.128. The van der Waals surface area contributed by atoms with Crippen molar-refractivity contribution in [3.63, 3.8) is 0 Å². The number of hydrogen-bond acceptors (Lipinski definition) is 4. The second-order valence-corrected chi connectivity index (χ2v) is 9.36. The summed E-state index contributed by atoms with van der Waals surface area (Å²) in [7, 11) is 0. The molecule has 1 amide bonds. The third-order valence-electron chi connectivity index (χ3n) is 4.42. The predicted octanol–water partition coefficient (Wildman–Crippen LogP) is 5.75. The number of alkyl halides is 1. The molecule has 30 heavy (non-hydrogen) atoms. The second-order valence-electron chi connectivity index (χ2n) is 7.30. The third kappa shape index (κ3) is 5.49. The minimum atomic E-state index is -0.685. The van der Waals surface area contributed by atoms with Crippen LogP contribution >= 0.6 is 46.6 Å². The number of carbonyl (C=O) groups excluding carboxylic acids is 1. The second kappa shape index (κ2) is 10.1. The fraction of sp³-hybridized carbons (Fsp3) is 0.286. The van der Waals surface area contributed by atoms with Gasteiger partial charge in [-0.3, -0.25) is 9.36 Å². The third-order valence-corrected chi connectivity index (χ3v) is 6.62. The molecule has 0 saturated carbocycles. The van der Waals surface area contributed by atoms with E-state index in [0.29, 0.717) is 26.7 Å². The van der Waals surface area contributed by atoms with Crippen LogP contribution in [0.5, 0.6) is 0 Å². The quantitative estimate of drug-likeness (QED) is 0.327. The SMILES string of the molecule is CC(C)(CCl)C(=O)NCc1nnc(SCc2ccccc2)n1-c1ccc(Cl)cc1Cl. The molecule has 3 rings (SSSR count). The van der Waals surface area contributed by atoms with Crippen LogP contribution in [0, 0.1) is 5.41 Å². The van der Waals surface area contributed by atoms with Crippen molar-refractivity contribution in [2.24, 2.45) is 5.41 Å². The highest BCUT2D eigenvalue weighted by Crippen LogP contribution is 2.30. The summed E-state index contributed by atoms with van der Waals surface area (Å²) in [6.45, 7) is 3.77. The van der Waals surface area contributed by atoms with E-state index in [2.05, 4.69) is 27.6 Å². The number of nitrogens with one attached hydrogen (secondary N) is 1. The number of halogens is 3. The minimum absolute atomic E-state index is 0.159. The topological polar surface area (TPSA) is 59.8 Å². The van der Waals surface area contributed by atoms with E-state index in [9.17, 15) is 4.79 Å². The zero-order chi connectivity index (χ0) is 21.7. The van der Waals surface area contributed by atoms with Crippen LogP contribution in [0.25, 0.3) is 5.69 Å². The van der Waals surface area contributed by atoms with E-state index in [1.54, 1.807) is 26.0 Å². The van der Waals surface area contributed by atoms with Gasteiger partial charge < -0.3 is 5.32 Å². The molecule has 0 radical (unpaired) electrons. The van der Waals surface area contributed by atoms with Gasteiger partial charge in [0.2, 0.25) is 5.91 Å². The highest BCUT2D eigenvalue weighted by Gasteiger charge is 2.27. The van der Waals surface area contributed by atoms with Crippen molar-refractivity contribution in [3.05, 3.63) is 70.0 Å². The Bertz CT molecular complexity index is 1020. The summed E-state index contributed by atoms with van der Waals surface area (Å²) < 4.78 is 1.85. The first-order valence-corrected chi connectivity index (χ1v) is 11.5. The van der Waals surface area contributed by atoms with Gasteiger partial charge in [0.25, 0.3) is 0 Å². The molecule has 3 aromatic rings. The van der Waals surface area contributed by atoms with Gasteiger partial charge in [-0.15, -0.1) is 21.8 Å². The molecule has 0 fully saturated rings. The Balaban J connectivity index is 1.90. The maximum atomic E-state index is 12.4. The smallest absolute Gasteiger partial charge is 0.227 e. The Labute approximate surface area is 195 Å². The lowest BCUT2D eigenvalue weighted by Gasteiger charge is -2.20. The molecule has 1 aromatic heterocycles. The molecule has 0 aliphatic rings. The van der Waals surface area contributed by atoms with Crippen LogP contribution in [-0.2, 0) is 17.1 Å². The van der Waals surface area contributed by atoms with Gasteiger partial charge in [-0.2, -0.15) is 0 Å². The Morgan fingerprint density at radius 1 is 1.13 bits per heavy atom. The molecule has 158 valence electrons. The number of carbonyl (C=O) groups is 1. The van der Waals surface area contributed by atoms with Crippen LogP contribution < -0.4 is 5.32 Å². The molecule has 0 aliphatic heterocycles. The molecule has 0 bridgehead atoms. The highest BCUT2D eigenvalue weighted by molar-refractivity contribution is 7.98.